The molecule has 0 saturated carbocycles. The van der Waals surface area contributed by atoms with Crippen LogP contribution < -0.4 is 10.1 Å². The Morgan fingerprint density at radius 3 is 2.55 bits per heavy atom. The van der Waals surface area contributed by atoms with Gasteiger partial charge in [-0.1, -0.05) is 15.9 Å². The molecule has 0 aliphatic heterocycles. The second-order valence-electron chi connectivity index (χ2n) is 4.11. The first-order valence-electron chi connectivity index (χ1n) is 6.11. The highest BCUT2D eigenvalue weighted by Crippen LogP contribution is 2.40. The van der Waals surface area contributed by atoms with Crippen molar-refractivity contribution in [1.29, 1.82) is 0 Å². The first kappa shape index (κ1) is 16.5. The summed E-state index contributed by atoms with van der Waals surface area (Å²) in [4.78, 5) is 1.23. The average Bonchev–Trinajstić information content (AvgIpc) is 2.73. The Morgan fingerprint density at radius 2 is 2.00 bits per heavy atom. The number of benzene rings is 1. The van der Waals surface area contributed by atoms with Crippen LogP contribution in [0.1, 0.15) is 23.4 Å². The van der Waals surface area contributed by atoms with E-state index in [0.29, 0.717) is 6.61 Å². The molecule has 20 heavy (non-hydrogen) atoms. The van der Waals surface area contributed by atoms with E-state index in [0.717, 1.165) is 24.0 Å². The summed E-state index contributed by atoms with van der Waals surface area (Å²) in [6.45, 7) is 2.65. The van der Waals surface area contributed by atoms with Gasteiger partial charge < -0.3 is 10.1 Å². The van der Waals surface area contributed by atoms with Gasteiger partial charge in [-0.2, -0.15) is 0 Å². The van der Waals surface area contributed by atoms with Crippen molar-refractivity contribution < 1.29 is 4.74 Å². The molecule has 0 saturated heterocycles. The fourth-order valence-corrected chi connectivity index (χ4v) is 4.59. The molecule has 0 aliphatic rings. The molecule has 0 bridgehead atoms. The Hall–Kier alpha value is 0.120. The molecule has 1 heterocycles. The molecule has 1 aromatic carbocycles. The zero-order valence-corrected chi connectivity index (χ0v) is 16.6. The van der Waals surface area contributed by atoms with Crippen molar-refractivity contribution in [2.75, 3.05) is 13.7 Å². The Morgan fingerprint density at radius 1 is 1.25 bits per heavy atom. The van der Waals surface area contributed by atoms with Gasteiger partial charge in [0.15, 0.2) is 0 Å². The van der Waals surface area contributed by atoms with E-state index in [9.17, 15) is 0 Å². The van der Waals surface area contributed by atoms with Gasteiger partial charge in [0.2, 0.25) is 0 Å². The first-order valence-corrected chi connectivity index (χ1v) is 9.30. The van der Waals surface area contributed by atoms with Gasteiger partial charge in [-0.15, -0.1) is 11.3 Å². The smallest absolute Gasteiger partial charge is 0.124 e. The van der Waals surface area contributed by atoms with Crippen LogP contribution in [0.4, 0.5) is 0 Å². The maximum atomic E-state index is 5.75. The van der Waals surface area contributed by atoms with Gasteiger partial charge in [0, 0.05) is 19.4 Å². The molecule has 0 amide bonds. The van der Waals surface area contributed by atoms with Crippen LogP contribution in [-0.2, 0) is 0 Å². The van der Waals surface area contributed by atoms with E-state index in [1.165, 1.54) is 4.88 Å². The van der Waals surface area contributed by atoms with Gasteiger partial charge in [-0.25, -0.2) is 0 Å². The lowest BCUT2D eigenvalue weighted by molar-refractivity contribution is 0.334. The van der Waals surface area contributed by atoms with Crippen LogP contribution in [0.2, 0.25) is 0 Å². The summed E-state index contributed by atoms with van der Waals surface area (Å²) in [5.41, 5.74) is 1.13. The summed E-state index contributed by atoms with van der Waals surface area (Å²) in [5, 5.41) is 3.37. The normalized spacial score (nSPS) is 12.4. The number of rotatable bonds is 5. The van der Waals surface area contributed by atoms with Crippen molar-refractivity contribution in [2.24, 2.45) is 0 Å². The minimum atomic E-state index is 0.0987. The lowest BCUT2D eigenvalue weighted by atomic mass is 10.0. The number of halogens is 3. The second kappa shape index (κ2) is 7.40. The minimum Gasteiger partial charge on any atom is -0.494 e. The molecule has 0 spiro atoms. The number of hydrogen-bond acceptors (Lipinski definition) is 3. The number of hydrogen-bond donors (Lipinski definition) is 1. The summed E-state index contributed by atoms with van der Waals surface area (Å²) in [6.07, 6.45) is 0. The van der Waals surface area contributed by atoms with Crippen molar-refractivity contribution in [3.63, 3.8) is 0 Å². The molecule has 0 aliphatic carbocycles. The topological polar surface area (TPSA) is 21.3 Å². The largest absolute Gasteiger partial charge is 0.494 e. The highest BCUT2D eigenvalue weighted by Gasteiger charge is 2.20. The van der Waals surface area contributed by atoms with Gasteiger partial charge in [0.05, 0.1) is 16.4 Å². The van der Waals surface area contributed by atoms with Gasteiger partial charge in [-0.05, 0) is 70.1 Å². The zero-order valence-electron chi connectivity index (χ0n) is 11.0. The van der Waals surface area contributed by atoms with Crippen molar-refractivity contribution in [1.82, 2.24) is 5.32 Å². The standard InChI is InChI=1S/C14H14Br3NOS/c1-3-19-11-5-4-8(15)6-9(11)13(18-2)12-7-10(16)14(17)20-12/h4-7,13,18H,3H2,1-2H3. The van der Waals surface area contributed by atoms with Gasteiger partial charge >= 0.3 is 0 Å². The van der Waals surface area contributed by atoms with Crippen LogP contribution in [0.15, 0.2) is 37.0 Å². The fraction of sp³-hybridized carbons (Fsp3) is 0.286. The predicted octanol–water partition coefficient (Wildman–Crippen LogP) is 5.74. The molecular formula is C14H14Br3NOS. The highest BCUT2D eigenvalue weighted by atomic mass is 79.9. The molecule has 1 N–H and O–H groups in total. The third-order valence-corrected chi connectivity index (χ3v) is 6.63. The summed E-state index contributed by atoms with van der Waals surface area (Å²) < 4.78 is 8.97. The molecule has 2 aromatic rings. The Balaban J connectivity index is 2.47. The van der Waals surface area contributed by atoms with E-state index in [2.05, 4.69) is 65.2 Å². The maximum Gasteiger partial charge on any atom is 0.124 e. The van der Waals surface area contributed by atoms with Gasteiger partial charge in [-0.3, -0.25) is 0 Å². The molecule has 0 fully saturated rings. The first-order chi connectivity index (χ1) is 9.56. The summed E-state index contributed by atoms with van der Waals surface area (Å²) in [6, 6.07) is 8.34. The van der Waals surface area contributed by atoms with Crippen LogP contribution in [0.25, 0.3) is 0 Å². The van der Waals surface area contributed by atoms with E-state index in [-0.39, 0.29) is 6.04 Å². The summed E-state index contributed by atoms with van der Waals surface area (Å²) in [5.74, 6) is 0.913. The molecular weight excluding hydrogens is 470 g/mol. The summed E-state index contributed by atoms with van der Waals surface area (Å²) >= 11 is 12.3. The van der Waals surface area contributed by atoms with Gasteiger partial charge in [0.25, 0.3) is 0 Å². The molecule has 108 valence electrons. The van der Waals surface area contributed by atoms with Crippen molar-refractivity contribution >= 4 is 59.1 Å². The zero-order chi connectivity index (χ0) is 14.7. The molecule has 1 atom stereocenters. The number of ether oxygens (including phenoxy) is 1. The monoisotopic (exact) mass is 481 g/mol. The minimum absolute atomic E-state index is 0.0987. The molecule has 6 heteroatoms. The van der Waals surface area contributed by atoms with Gasteiger partial charge in [0.1, 0.15) is 5.75 Å². The number of thiophene rings is 1. The molecule has 2 rings (SSSR count). The lowest BCUT2D eigenvalue weighted by Gasteiger charge is -2.19. The van der Waals surface area contributed by atoms with Crippen molar-refractivity contribution in [2.45, 2.75) is 13.0 Å². The van der Waals surface area contributed by atoms with E-state index >= 15 is 0 Å². The van der Waals surface area contributed by atoms with Crippen LogP contribution in [0.3, 0.4) is 0 Å². The van der Waals surface area contributed by atoms with Crippen molar-refractivity contribution in [3.05, 3.63) is 47.4 Å². The Kier molecular flexibility index (Phi) is 6.10. The average molecular weight is 484 g/mol. The Labute approximate surface area is 148 Å². The molecule has 1 aromatic heterocycles. The quantitative estimate of drug-likeness (QED) is 0.585. The van der Waals surface area contributed by atoms with E-state index in [1.807, 2.05) is 26.1 Å². The van der Waals surface area contributed by atoms with E-state index in [4.69, 9.17) is 4.74 Å². The third-order valence-electron chi connectivity index (χ3n) is 2.82. The lowest BCUT2D eigenvalue weighted by Crippen LogP contribution is -2.17. The van der Waals surface area contributed by atoms with Crippen LogP contribution in [0.5, 0.6) is 5.75 Å². The van der Waals surface area contributed by atoms with Crippen LogP contribution in [0, 0.1) is 0 Å². The maximum absolute atomic E-state index is 5.75. The van der Waals surface area contributed by atoms with Crippen molar-refractivity contribution in [3.8, 4) is 5.75 Å². The highest BCUT2D eigenvalue weighted by molar-refractivity contribution is 9.13. The molecule has 0 radical (unpaired) electrons. The van der Waals surface area contributed by atoms with Crippen LogP contribution in [-0.4, -0.2) is 13.7 Å². The van der Waals surface area contributed by atoms with Crippen LogP contribution >= 0.6 is 59.1 Å². The summed E-state index contributed by atoms with van der Waals surface area (Å²) in [7, 11) is 1.96. The third kappa shape index (κ3) is 3.65. The van der Waals surface area contributed by atoms with E-state index in [1.54, 1.807) is 11.3 Å². The molecule has 1 unspecified atom stereocenters. The predicted molar refractivity (Wildman–Crippen MR) is 95.9 cm³/mol. The Bertz CT molecular complexity index is 581. The molecule has 2 nitrogen and oxygen atoms in total. The SMILES string of the molecule is CCOc1ccc(Br)cc1C(NC)c1cc(Br)c(Br)s1. The fourth-order valence-electron chi connectivity index (χ4n) is 1.99. The van der Waals surface area contributed by atoms with E-state index < -0.39 is 0 Å². The second-order valence-corrected chi connectivity index (χ2v) is 8.28. The number of nitrogens with one attached hydrogen (secondary N) is 1.